The summed E-state index contributed by atoms with van der Waals surface area (Å²) in [6, 6.07) is 13.2. The fraction of sp³-hybridized carbons (Fsp3) is 0.471. The maximum atomic E-state index is 13.6. The van der Waals surface area contributed by atoms with Gasteiger partial charge in [-0.2, -0.15) is 0 Å². The summed E-state index contributed by atoms with van der Waals surface area (Å²) in [5, 5.41) is 16.1. The Kier molecular flexibility index (Phi) is 10.0. The van der Waals surface area contributed by atoms with Gasteiger partial charge in [0.15, 0.2) is 0 Å². The molecule has 2 atom stereocenters. The van der Waals surface area contributed by atoms with Crippen LogP contribution in [0.15, 0.2) is 48.7 Å². The lowest BCUT2D eigenvalue weighted by Crippen LogP contribution is -2.47. The summed E-state index contributed by atoms with van der Waals surface area (Å²) >= 11 is 6.52. The van der Waals surface area contributed by atoms with Crippen LogP contribution in [-0.2, 0) is 16.1 Å². The molecule has 6 rings (SSSR count). The predicted molar refractivity (Wildman–Crippen MR) is 178 cm³/mol. The molecule has 0 saturated carbocycles. The third-order valence-corrected chi connectivity index (χ3v) is 9.52. The van der Waals surface area contributed by atoms with Crippen molar-refractivity contribution < 1.29 is 19.4 Å². The van der Waals surface area contributed by atoms with E-state index in [1.54, 1.807) is 18.0 Å². The zero-order valence-electron chi connectivity index (χ0n) is 26.4. The van der Waals surface area contributed by atoms with Gasteiger partial charge in [-0.3, -0.25) is 14.5 Å². The number of hydrogen-bond acceptors (Lipinski definition) is 9. The second-order valence-electron chi connectivity index (χ2n) is 12.3. The molecule has 46 heavy (non-hydrogen) atoms. The summed E-state index contributed by atoms with van der Waals surface area (Å²) in [5.41, 5.74) is 4.80. The molecular formula is C34H42ClN7O4. The first-order valence-corrected chi connectivity index (χ1v) is 16.5. The van der Waals surface area contributed by atoms with E-state index in [0.29, 0.717) is 48.5 Å². The van der Waals surface area contributed by atoms with Crippen LogP contribution >= 0.6 is 11.6 Å². The van der Waals surface area contributed by atoms with E-state index >= 15 is 0 Å². The highest BCUT2D eigenvalue weighted by Gasteiger charge is 2.35. The van der Waals surface area contributed by atoms with Crippen molar-refractivity contribution >= 4 is 35.1 Å². The Morgan fingerprint density at radius 3 is 2.65 bits per heavy atom. The van der Waals surface area contributed by atoms with E-state index in [4.69, 9.17) is 16.3 Å². The normalized spacial score (nSPS) is 18.7. The van der Waals surface area contributed by atoms with E-state index in [0.717, 1.165) is 61.4 Å². The molecule has 12 heteroatoms. The SMILES string of the molecule is C[C@H](C(=O)N[C@H](C)c1cccc(N2CCN(CCO)CC2)c1)N1Cc2ccc(-c3nc(NC4CCOCC4)ncc3Cl)cc2C1=O. The zero-order valence-corrected chi connectivity index (χ0v) is 27.2. The van der Waals surface area contributed by atoms with Crippen LogP contribution in [0, 0.1) is 0 Å². The van der Waals surface area contributed by atoms with E-state index in [1.165, 1.54) is 0 Å². The molecule has 2 fully saturated rings. The number of β-amino-alcohol motifs (C(OH)–C–C–N with tert-alkyl or cyclic N) is 1. The van der Waals surface area contributed by atoms with Crippen LogP contribution < -0.4 is 15.5 Å². The number of aliphatic hydroxyl groups is 1. The first-order chi connectivity index (χ1) is 22.3. The Hall–Kier alpha value is -3.77. The van der Waals surface area contributed by atoms with E-state index < -0.39 is 6.04 Å². The Bertz CT molecular complexity index is 1560. The van der Waals surface area contributed by atoms with Crippen molar-refractivity contribution in [1.29, 1.82) is 0 Å². The number of aliphatic hydroxyl groups excluding tert-OH is 1. The molecule has 4 heterocycles. The van der Waals surface area contributed by atoms with Gasteiger partial charge < -0.3 is 30.3 Å². The number of carbonyl (C=O) groups is 2. The van der Waals surface area contributed by atoms with Gasteiger partial charge >= 0.3 is 0 Å². The molecule has 2 amide bonds. The van der Waals surface area contributed by atoms with Gasteiger partial charge in [0.05, 0.1) is 29.6 Å². The first-order valence-electron chi connectivity index (χ1n) is 16.1. The van der Waals surface area contributed by atoms with Crippen molar-refractivity contribution in [3.63, 3.8) is 0 Å². The lowest BCUT2D eigenvalue weighted by molar-refractivity contribution is -0.125. The van der Waals surface area contributed by atoms with Crippen molar-refractivity contribution in [2.45, 2.75) is 51.4 Å². The quantitative estimate of drug-likeness (QED) is 0.302. The lowest BCUT2D eigenvalue weighted by Gasteiger charge is -2.36. The standard InChI is InChI=1S/C34H42ClN7O4/c1-22(24-4-3-5-28(18-24)41-12-10-40(11-13-41)14-15-43)37-32(44)23(2)42-21-26-7-6-25(19-29(26)33(42)45)31-30(35)20-36-34(39-31)38-27-8-16-46-17-9-27/h3-7,18-20,22-23,27,43H,8-17,21H2,1-2H3,(H,37,44)(H,36,38,39)/t22-,23-/m1/s1. The maximum Gasteiger partial charge on any atom is 0.255 e. The van der Waals surface area contributed by atoms with Gasteiger partial charge in [0.1, 0.15) is 6.04 Å². The molecular weight excluding hydrogens is 606 g/mol. The second kappa shape index (κ2) is 14.3. The van der Waals surface area contributed by atoms with Gasteiger partial charge in [0.25, 0.3) is 5.91 Å². The maximum absolute atomic E-state index is 13.6. The summed E-state index contributed by atoms with van der Waals surface area (Å²) in [7, 11) is 0. The van der Waals surface area contributed by atoms with E-state index in [1.807, 2.05) is 37.3 Å². The number of anilines is 2. The number of ether oxygens (including phenoxy) is 1. The number of nitrogens with zero attached hydrogens (tertiary/aromatic N) is 5. The third-order valence-electron chi connectivity index (χ3n) is 9.24. The molecule has 0 radical (unpaired) electrons. The molecule has 0 bridgehead atoms. The van der Waals surface area contributed by atoms with E-state index in [-0.39, 0.29) is 30.5 Å². The average molecular weight is 648 g/mol. The Balaban J connectivity index is 1.09. The lowest BCUT2D eigenvalue weighted by atomic mass is 10.0. The van der Waals surface area contributed by atoms with E-state index in [9.17, 15) is 14.7 Å². The number of aromatic nitrogens is 2. The van der Waals surface area contributed by atoms with Crippen LogP contribution in [0.1, 0.15) is 54.2 Å². The largest absolute Gasteiger partial charge is 0.395 e. The summed E-state index contributed by atoms with van der Waals surface area (Å²) < 4.78 is 5.44. The van der Waals surface area contributed by atoms with Crippen molar-refractivity contribution in [1.82, 2.24) is 25.1 Å². The van der Waals surface area contributed by atoms with Gasteiger partial charge in [-0.1, -0.05) is 35.9 Å². The Morgan fingerprint density at radius 2 is 1.89 bits per heavy atom. The molecule has 244 valence electrons. The highest BCUT2D eigenvalue weighted by molar-refractivity contribution is 6.33. The fourth-order valence-electron chi connectivity index (χ4n) is 6.37. The molecule has 1 aromatic heterocycles. The minimum absolute atomic E-state index is 0.176. The molecule has 3 N–H and O–H groups in total. The number of amides is 2. The Labute approximate surface area is 274 Å². The molecule has 3 aliphatic heterocycles. The van der Waals surface area contributed by atoms with Crippen molar-refractivity contribution in [2.75, 3.05) is 62.8 Å². The molecule has 0 aliphatic carbocycles. The number of carbonyl (C=O) groups excluding carboxylic acids is 2. The summed E-state index contributed by atoms with van der Waals surface area (Å²) in [6.07, 6.45) is 3.34. The summed E-state index contributed by atoms with van der Waals surface area (Å²) in [6.45, 7) is 9.95. The van der Waals surface area contributed by atoms with Gasteiger partial charge in [0, 0.05) is 75.3 Å². The highest BCUT2D eigenvalue weighted by atomic mass is 35.5. The number of piperazine rings is 1. The number of benzene rings is 2. The van der Waals surface area contributed by atoms with Crippen molar-refractivity contribution in [2.24, 2.45) is 0 Å². The predicted octanol–water partition coefficient (Wildman–Crippen LogP) is 3.72. The Morgan fingerprint density at radius 1 is 1.11 bits per heavy atom. The molecule has 0 unspecified atom stereocenters. The van der Waals surface area contributed by atoms with Crippen LogP contribution in [0.4, 0.5) is 11.6 Å². The molecule has 2 aromatic carbocycles. The van der Waals surface area contributed by atoms with Crippen molar-refractivity contribution in [3.05, 3.63) is 70.4 Å². The smallest absolute Gasteiger partial charge is 0.255 e. The molecule has 3 aromatic rings. The molecule has 0 spiro atoms. The van der Waals surface area contributed by atoms with E-state index in [2.05, 4.69) is 42.5 Å². The monoisotopic (exact) mass is 647 g/mol. The van der Waals surface area contributed by atoms with Gasteiger partial charge in [-0.05, 0) is 56.0 Å². The summed E-state index contributed by atoms with van der Waals surface area (Å²) in [5.74, 6) is 0.0881. The van der Waals surface area contributed by atoms with Crippen LogP contribution in [0.2, 0.25) is 5.02 Å². The summed E-state index contributed by atoms with van der Waals surface area (Å²) in [4.78, 5) is 42.3. The van der Waals surface area contributed by atoms with Crippen LogP contribution in [0.25, 0.3) is 11.3 Å². The number of rotatable bonds is 10. The highest BCUT2D eigenvalue weighted by Crippen LogP contribution is 2.33. The fourth-order valence-corrected chi connectivity index (χ4v) is 6.57. The zero-order chi connectivity index (χ0) is 32.2. The molecule has 3 aliphatic rings. The minimum Gasteiger partial charge on any atom is -0.395 e. The second-order valence-corrected chi connectivity index (χ2v) is 12.7. The topological polar surface area (TPSA) is 123 Å². The molecule has 11 nitrogen and oxygen atoms in total. The van der Waals surface area contributed by atoms with Crippen LogP contribution in [0.3, 0.4) is 0 Å². The average Bonchev–Trinajstić information content (AvgIpc) is 3.41. The number of fused-ring (bicyclic) bond motifs is 1. The van der Waals surface area contributed by atoms with Crippen LogP contribution in [0.5, 0.6) is 0 Å². The van der Waals surface area contributed by atoms with Crippen LogP contribution in [-0.4, -0.2) is 101 Å². The van der Waals surface area contributed by atoms with Gasteiger partial charge in [-0.25, -0.2) is 9.97 Å². The first kappa shape index (κ1) is 32.2. The number of nitrogens with one attached hydrogen (secondary N) is 2. The number of hydrogen-bond donors (Lipinski definition) is 3. The third kappa shape index (κ3) is 7.12. The van der Waals surface area contributed by atoms with Gasteiger partial charge in [0.2, 0.25) is 11.9 Å². The number of halogens is 1. The minimum atomic E-state index is -0.661. The molecule has 2 saturated heterocycles. The van der Waals surface area contributed by atoms with Gasteiger partial charge in [-0.15, -0.1) is 0 Å². The van der Waals surface area contributed by atoms with Crippen molar-refractivity contribution in [3.8, 4) is 11.3 Å².